The molecule has 8 nitrogen and oxygen atoms in total. The van der Waals surface area contributed by atoms with Crippen molar-refractivity contribution in [3.8, 4) is 0 Å². The quantitative estimate of drug-likeness (QED) is 0.382. The number of fused-ring (bicyclic) bond motifs is 1. The molecule has 0 saturated carbocycles. The number of benzene rings is 2. The van der Waals surface area contributed by atoms with E-state index in [-0.39, 0.29) is 17.8 Å². The number of carbonyl (C=O) groups is 1. The number of aryl methyl sites for hydroxylation is 5. The number of hydrogen-bond donors (Lipinski definition) is 1. The van der Waals surface area contributed by atoms with Crippen molar-refractivity contribution in [1.82, 2.24) is 18.7 Å². The zero-order valence-electron chi connectivity index (χ0n) is 20.4. The van der Waals surface area contributed by atoms with Gasteiger partial charge in [-0.15, -0.1) is 0 Å². The normalized spacial score (nSPS) is 11.2. The fourth-order valence-corrected chi connectivity index (χ4v) is 4.94. The Balaban J connectivity index is 1.57. The van der Waals surface area contributed by atoms with Gasteiger partial charge in [0.1, 0.15) is 0 Å². The molecule has 2 heterocycles. The summed E-state index contributed by atoms with van der Waals surface area (Å²) in [5, 5.41) is 3.60. The number of nitrogens with zero attached hydrogens (tertiary/aromatic N) is 4. The Morgan fingerprint density at radius 3 is 2.51 bits per heavy atom. The summed E-state index contributed by atoms with van der Waals surface area (Å²) in [6.07, 6.45) is 1.01. The lowest BCUT2D eigenvalue weighted by Crippen LogP contribution is -2.37. The predicted octanol–water partition coefficient (Wildman–Crippen LogP) is 3.41. The van der Waals surface area contributed by atoms with Gasteiger partial charge in [0.05, 0.1) is 0 Å². The number of rotatable bonds is 8. The Labute approximate surface area is 207 Å². The van der Waals surface area contributed by atoms with Crippen molar-refractivity contribution >= 4 is 34.5 Å². The van der Waals surface area contributed by atoms with Crippen LogP contribution < -0.4 is 16.6 Å². The van der Waals surface area contributed by atoms with Gasteiger partial charge in [-0.2, -0.15) is 0 Å². The van der Waals surface area contributed by atoms with Gasteiger partial charge < -0.3 is 9.88 Å². The van der Waals surface area contributed by atoms with Crippen LogP contribution in [0, 0.1) is 13.8 Å². The molecule has 2 aromatic carbocycles. The fraction of sp³-hybridized carbons (Fsp3) is 0.308. The first kappa shape index (κ1) is 24.5. The summed E-state index contributed by atoms with van der Waals surface area (Å²) in [5.74, 6) is 0.404. The number of carbonyl (C=O) groups excluding carboxylic acids is 1. The summed E-state index contributed by atoms with van der Waals surface area (Å²) in [5.41, 5.74) is 3.99. The molecule has 35 heavy (non-hydrogen) atoms. The van der Waals surface area contributed by atoms with Crippen LogP contribution in [-0.4, -0.2) is 30.3 Å². The molecule has 4 rings (SSSR count). The van der Waals surface area contributed by atoms with Crippen molar-refractivity contribution in [3.05, 3.63) is 86.1 Å². The van der Waals surface area contributed by atoms with Gasteiger partial charge in [-0.3, -0.25) is 18.7 Å². The summed E-state index contributed by atoms with van der Waals surface area (Å²) in [7, 11) is 3.11. The maximum absolute atomic E-state index is 12.8. The van der Waals surface area contributed by atoms with Gasteiger partial charge in [-0.1, -0.05) is 54.2 Å². The van der Waals surface area contributed by atoms with Gasteiger partial charge >= 0.3 is 5.69 Å². The van der Waals surface area contributed by atoms with E-state index in [1.54, 1.807) is 7.05 Å². The van der Waals surface area contributed by atoms with Crippen LogP contribution in [0.1, 0.15) is 23.1 Å². The maximum atomic E-state index is 12.8. The first-order valence-corrected chi connectivity index (χ1v) is 12.4. The molecule has 0 atom stereocenters. The molecule has 0 unspecified atom stereocenters. The van der Waals surface area contributed by atoms with Crippen LogP contribution in [0.15, 0.2) is 63.3 Å². The molecule has 2 aromatic heterocycles. The monoisotopic (exact) mass is 491 g/mol. The molecule has 1 N–H and O–H groups in total. The van der Waals surface area contributed by atoms with Crippen LogP contribution in [0.25, 0.3) is 11.2 Å². The first-order valence-electron chi connectivity index (χ1n) is 11.5. The van der Waals surface area contributed by atoms with E-state index in [4.69, 9.17) is 0 Å². The lowest BCUT2D eigenvalue weighted by atomic mass is 10.1. The Hall–Kier alpha value is -3.59. The average Bonchev–Trinajstić information content (AvgIpc) is 3.21. The number of aromatic nitrogens is 4. The Kier molecular flexibility index (Phi) is 7.25. The molecule has 0 aliphatic carbocycles. The Morgan fingerprint density at radius 1 is 1.03 bits per heavy atom. The van der Waals surface area contributed by atoms with E-state index in [0.717, 1.165) is 33.4 Å². The number of amides is 1. The number of anilines is 1. The molecule has 0 fully saturated rings. The lowest BCUT2D eigenvalue weighted by molar-refractivity contribution is -0.115. The van der Waals surface area contributed by atoms with E-state index in [1.165, 1.54) is 23.4 Å². The molecule has 0 saturated heterocycles. The van der Waals surface area contributed by atoms with Gasteiger partial charge in [0.2, 0.25) is 5.91 Å². The standard InChI is InChI=1S/C26H29N5O3S/c1-17-10-11-18(2)20(16-17)27-21(32)13-15-35-25-28-22-23(29(3)26(34)30(4)24(22)33)31(25)14-12-19-8-6-5-7-9-19/h5-11,16H,12-15H2,1-4H3,(H,27,32). The molecular formula is C26H29N5O3S. The van der Waals surface area contributed by atoms with Gasteiger partial charge in [0.25, 0.3) is 5.56 Å². The molecule has 182 valence electrons. The second kappa shape index (κ2) is 10.4. The van der Waals surface area contributed by atoms with Crippen LogP contribution in [0.3, 0.4) is 0 Å². The van der Waals surface area contributed by atoms with E-state index in [0.29, 0.717) is 23.1 Å². The van der Waals surface area contributed by atoms with Crippen LogP contribution >= 0.6 is 11.8 Å². The number of nitrogens with one attached hydrogen (secondary N) is 1. The van der Waals surface area contributed by atoms with E-state index >= 15 is 0 Å². The third-order valence-electron chi connectivity index (χ3n) is 6.00. The van der Waals surface area contributed by atoms with Gasteiger partial charge in [-0.05, 0) is 43.0 Å². The molecule has 0 aliphatic heterocycles. The van der Waals surface area contributed by atoms with E-state index in [1.807, 2.05) is 66.9 Å². The van der Waals surface area contributed by atoms with Gasteiger partial charge in [0, 0.05) is 38.5 Å². The SMILES string of the molecule is Cc1ccc(C)c(NC(=O)CCSc2nc3c(=O)n(C)c(=O)n(C)c3n2CCc2ccccc2)c1. The van der Waals surface area contributed by atoms with Crippen molar-refractivity contribution in [2.45, 2.75) is 38.4 Å². The molecule has 9 heteroatoms. The van der Waals surface area contributed by atoms with E-state index in [2.05, 4.69) is 10.3 Å². The number of hydrogen-bond acceptors (Lipinski definition) is 5. The summed E-state index contributed by atoms with van der Waals surface area (Å²) >= 11 is 1.41. The van der Waals surface area contributed by atoms with E-state index < -0.39 is 11.2 Å². The maximum Gasteiger partial charge on any atom is 0.332 e. The molecular weight excluding hydrogens is 462 g/mol. The minimum atomic E-state index is -0.420. The van der Waals surface area contributed by atoms with Crippen molar-refractivity contribution in [2.75, 3.05) is 11.1 Å². The highest BCUT2D eigenvalue weighted by atomic mass is 32.2. The third kappa shape index (κ3) is 5.24. The van der Waals surface area contributed by atoms with Crippen molar-refractivity contribution in [2.24, 2.45) is 14.1 Å². The lowest BCUT2D eigenvalue weighted by Gasteiger charge is -2.12. The zero-order valence-corrected chi connectivity index (χ0v) is 21.2. The zero-order chi connectivity index (χ0) is 25.1. The molecule has 4 aromatic rings. The summed E-state index contributed by atoms with van der Waals surface area (Å²) < 4.78 is 4.45. The van der Waals surface area contributed by atoms with Crippen LogP contribution in [0.2, 0.25) is 0 Å². The minimum absolute atomic E-state index is 0.0820. The molecule has 0 spiro atoms. The Morgan fingerprint density at radius 2 is 1.77 bits per heavy atom. The van der Waals surface area contributed by atoms with Crippen molar-refractivity contribution in [1.29, 1.82) is 0 Å². The third-order valence-corrected chi connectivity index (χ3v) is 6.98. The highest BCUT2D eigenvalue weighted by Gasteiger charge is 2.19. The van der Waals surface area contributed by atoms with Gasteiger partial charge in [0.15, 0.2) is 16.3 Å². The van der Waals surface area contributed by atoms with Crippen LogP contribution in [0.4, 0.5) is 5.69 Å². The number of thioether (sulfide) groups is 1. The Bertz CT molecular complexity index is 1500. The summed E-state index contributed by atoms with van der Waals surface area (Å²) in [4.78, 5) is 42.6. The van der Waals surface area contributed by atoms with Crippen molar-refractivity contribution < 1.29 is 4.79 Å². The smallest absolute Gasteiger partial charge is 0.326 e. The van der Waals surface area contributed by atoms with Crippen LogP contribution in [-0.2, 0) is 31.9 Å². The second-order valence-electron chi connectivity index (χ2n) is 8.62. The highest BCUT2D eigenvalue weighted by Crippen LogP contribution is 2.24. The predicted molar refractivity (Wildman–Crippen MR) is 140 cm³/mol. The topological polar surface area (TPSA) is 90.9 Å². The highest BCUT2D eigenvalue weighted by molar-refractivity contribution is 7.99. The summed E-state index contributed by atoms with van der Waals surface area (Å²) in [6.45, 7) is 4.50. The average molecular weight is 492 g/mol. The van der Waals surface area contributed by atoms with Crippen LogP contribution in [0.5, 0.6) is 0 Å². The van der Waals surface area contributed by atoms with E-state index in [9.17, 15) is 14.4 Å². The van der Waals surface area contributed by atoms with Crippen molar-refractivity contribution in [3.63, 3.8) is 0 Å². The minimum Gasteiger partial charge on any atom is -0.326 e. The largest absolute Gasteiger partial charge is 0.332 e. The second-order valence-corrected chi connectivity index (χ2v) is 9.69. The first-order chi connectivity index (χ1) is 16.8. The summed E-state index contributed by atoms with van der Waals surface area (Å²) in [6, 6.07) is 16.0. The van der Waals surface area contributed by atoms with Gasteiger partial charge in [-0.25, -0.2) is 9.78 Å². The fourth-order valence-electron chi connectivity index (χ4n) is 3.98. The molecule has 1 amide bonds. The molecule has 0 bridgehead atoms. The number of imidazole rings is 1. The molecule has 0 aliphatic rings. The molecule has 0 radical (unpaired) electrons.